The second kappa shape index (κ2) is 7.04. The molecule has 0 bridgehead atoms. The first-order valence-electron chi connectivity index (χ1n) is 4.82. The normalized spacial score (nSPS) is 11.7. The molecule has 0 aliphatic heterocycles. The van der Waals surface area contributed by atoms with E-state index in [9.17, 15) is 9.59 Å². The summed E-state index contributed by atoms with van der Waals surface area (Å²) in [5.41, 5.74) is 0.776. The van der Waals surface area contributed by atoms with Crippen molar-refractivity contribution in [3.05, 3.63) is 12.2 Å². The Morgan fingerprint density at radius 3 is 2.33 bits per heavy atom. The predicted octanol–water partition coefficient (Wildman–Crippen LogP) is 1.70. The lowest BCUT2D eigenvalue weighted by molar-refractivity contribution is -0.145. The topological polar surface area (TPSA) is 52.6 Å². The van der Waals surface area contributed by atoms with E-state index in [0.717, 1.165) is 5.57 Å². The van der Waals surface area contributed by atoms with Crippen molar-refractivity contribution in [3.8, 4) is 0 Å². The molecule has 0 saturated carbocycles. The fourth-order valence-electron chi connectivity index (χ4n) is 1.10. The van der Waals surface area contributed by atoms with E-state index in [-0.39, 0.29) is 24.3 Å². The summed E-state index contributed by atoms with van der Waals surface area (Å²) in [6.07, 6.45) is 1.48. The van der Waals surface area contributed by atoms with Crippen LogP contribution in [0.3, 0.4) is 0 Å². The molecule has 0 saturated heterocycles. The first-order valence-corrected chi connectivity index (χ1v) is 4.82. The number of hydrogen-bond acceptors (Lipinski definition) is 4. The van der Waals surface area contributed by atoms with Crippen LogP contribution in [-0.4, -0.2) is 26.2 Å². The van der Waals surface area contributed by atoms with Crippen molar-refractivity contribution in [2.45, 2.75) is 26.2 Å². The van der Waals surface area contributed by atoms with Gasteiger partial charge < -0.3 is 9.47 Å². The molecular formula is C11H18O4. The van der Waals surface area contributed by atoms with Crippen LogP contribution in [0.2, 0.25) is 0 Å². The van der Waals surface area contributed by atoms with Crippen LogP contribution in [0.15, 0.2) is 12.2 Å². The van der Waals surface area contributed by atoms with Crippen molar-refractivity contribution in [3.63, 3.8) is 0 Å². The Hall–Kier alpha value is -1.32. The van der Waals surface area contributed by atoms with Gasteiger partial charge in [0, 0.05) is 0 Å². The third-order valence-corrected chi connectivity index (χ3v) is 2.16. The number of hydrogen-bond donors (Lipinski definition) is 0. The van der Waals surface area contributed by atoms with Gasteiger partial charge in [0.1, 0.15) is 0 Å². The summed E-state index contributed by atoms with van der Waals surface area (Å²) in [4.78, 5) is 21.9. The molecule has 15 heavy (non-hydrogen) atoms. The van der Waals surface area contributed by atoms with E-state index >= 15 is 0 Å². The van der Waals surface area contributed by atoms with Gasteiger partial charge in [0.2, 0.25) is 0 Å². The Labute approximate surface area is 90.2 Å². The average Bonchev–Trinajstić information content (AvgIpc) is 2.24. The molecule has 0 aromatic carbocycles. The van der Waals surface area contributed by atoms with Crippen LogP contribution in [0.25, 0.3) is 0 Å². The highest BCUT2D eigenvalue weighted by Crippen LogP contribution is 2.14. The molecule has 1 unspecified atom stereocenters. The zero-order chi connectivity index (χ0) is 11.8. The lowest BCUT2D eigenvalue weighted by Gasteiger charge is -2.09. The SMILES string of the molecule is C=C(CCC(C)C(=O)OC)CC(=O)OC. The van der Waals surface area contributed by atoms with Crippen molar-refractivity contribution < 1.29 is 19.1 Å². The van der Waals surface area contributed by atoms with Gasteiger partial charge in [0.25, 0.3) is 0 Å². The summed E-state index contributed by atoms with van der Waals surface area (Å²) in [6.45, 7) is 5.54. The lowest BCUT2D eigenvalue weighted by atomic mass is 10.0. The molecule has 0 heterocycles. The molecule has 0 fully saturated rings. The van der Waals surface area contributed by atoms with Crippen LogP contribution in [0.4, 0.5) is 0 Å². The largest absolute Gasteiger partial charge is 0.469 e. The van der Waals surface area contributed by atoms with Gasteiger partial charge in [-0.3, -0.25) is 9.59 Å². The predicted molar refractivity (Wildman–Crippen MR) is 56.2 cm³/mol. The summed E-state index contributed by atoms with van der Waals surface area (Å²) in [6, 6.07) is 0. The van der Waals surface area contributed by atoms with Crippen molar-refractivity contribution in [1.29, 1.82) is 0 Å². The minimum atomic E-state index is -0.300. The van der Waals surface area contributed by atoms with Crippen molar-refractivity contribution in [1.82, 2.24) is 0 Å². The van der Waals surface area contributed by atoms with E-state index < -0.39 is 0 Å². The molecule has 0 spiro atoms. The van der Waals surface area contributed by atoms with E-state index in [1.54, 1.807) is 6.92 Å². The maximum Gasteiger partial charge on any atom is 0.309 e. The smallest absolute Gasteiger partial charge is 0.309 e. The van der Waals surface area contributed by atoms with E-state index in [1.165, 1.54) is 14.2 Å². The van der Waals surface area contributed by atoms with Gasteiger partial charge in [-0.2, -0.15) is 0 Å². The fraction of sp³-hybridized carbons (Fsp3) is 0.636. The summed E-state index contributed by atoms with van der Waals surface area (Å²) in [7, 11) is 2.70. The van der Waals surface area contributed by atoms with Crippen LogP contribution in [0.5, 0.6) is 0 Å². The fourth-order valence-corrected chi connectivity index (χ4v) is 1.10. The van der Waals surface area contributed by atoms with Crippen molar-refractivity contribution in [2.24, 2.45) is 5.92 Å². The van der Waals surface area contributed by atoms with Gasteiger partial charge in [0.15, 0.2) is 0 Å². The van der Waals surface area contributed by atoms with Crippen LogP contribution >= 0.6 is 0 Å². The summed E-state index contributed by atoms with van der Waals surface area (Å²) in [5.74, 6) is -0.698. The number of carbonyl (C=O) groups is 2. The molecule has 0 aromatic heterocycles. The van der Waals surface area contributed by atoms with Crippen molar-refractivity contribution in [2.75, 3.05) is 14.2 Å². The van der Waals surface area contributed by atoms with Crippen LogP contribution in [-0.2, 0) is 19.1 Å². The maximum atomic E-state index is 11.1. The van der Waals surface area contributed by atoms with Gasteiger partial charge in [-0.15, -0.1) is 0 Å². The third kappa shape index (κ3) is 5.88. The highest BCUT2D eigenvalue weighted by atomic mass is 16.5. The van der Waals surface area contributed by atoms with Gasteiger partial charge in [-0.05, 0) is 12.8 Å². The molecule has 0 aliphatic rings. The Kier molecular flexibility index (Phi) is 6.42. The van der Waals surface area contributed by atoms with Gasteiger partial charge in [-0.25, -0.2) is 0 Å². The molecule has 0 aromatic rings. The minimum absolute atomic E-state index is 0.163. The lowest BCUT2D eigenvalue weighted by Crippen LogP contribution is -2.13. The number of esters is 2. The van der Waals surface area contributed by atoms with Crippen LogP contribution in [0.1, 0.15) is 26.2 Å². The number of ether oxygens (including phenoxy) is 2. The van der Waals surface area contributed by atoms with Crippen LogP contribution in [0, 0.1) is 5.92 Å². The summed E-state index contributed by atoms with van der Waals surface area (Å²) in [5, 5.41) is 0. The number of carbonyl (C=O) groups excluding carboxylic acids is 2. The molecule has 4 heteroatoms. The van der Waals surface area contributed by atoms with Gasteiger partial charge >= 0.3 is 11.9 Å². The molecule has 0 rings (SSSR count). The molecule has 0 amide bonds. The number of rotatable bonds is 6. The standard InChI is InChI=1S/C11H18O4/c1-8(7-10(12)14-3)5-6-9(2)11(13)15-4/h9H,1,5-7H2,2-4H3. The molecule has 0 aliphatic carbocycles. The molecular weight excluding hydrogens is 196 g/mol. The summed E-state index contributed by atoms with van der Waals surface area (Å²) < 4.78 is 9.09. The third-order valence-electron chi connectivity index (χ3n) is 2.16. The van der Waals surface area contributed by atoms with E-state index in [4.69, 9.17) is 0 Å². The second-order valence-electron chi connectivity index (χ2n) is 3.47. The molecule has 1 atom stereocenters. The Balaban J connectivity index is 3.80. The van der Waals surface area contributed by atoms with Crippen molar-refractivity contribution >= 4 is 11.9 Å². The quantitative estimate of drug-likeness (QED) is 0.498. The highest BCUT2D eigenvalue weighted by Gasteiger charge is 2.13. The second-order valence-corrected chi connectivity index (χ2v) is 3.47. The minimum Gasteiger partial charge on any atom is -0.469 e. The first-order chi connectivity index (χ1) is 7.01. The first kappa shape index (κ1) is 13.7. The zero-order valence-corrected chi connectivity index (χ0v) is 9.54. The molecule has 0 N–H and O–H groups in total. The maximum absolute atomic E-state index is 11.1. The van der Waals surface area contributed by atoms with Crippen LogP contribution < -0.4 is 0 Å². The Bertz CT molecular complexity index is 245. The Morgan fingerprint density at radius 2 is 1.87 bits per heavy atom. The van der Waals surface area contributed by atoms with E-state index in [0.29, 0.717) is 12.8 Å². The molecule has 0 radical (unpaired) electrons. The monoisotopic (exact) mass is 214 g/mol. The van der Waals surface area contributed by atoms with E-state index in [2.05, 4.69) is 16.1 Å². The number of methoxy groups -OCH3 is 2. The summed E-state index contributed by atoms with van der Waals surface area (Å²) >= 11 is 0. The average molecular weight is 214 g/mol. The Morgan fingerprint density at radius 1 is 1.27 bits per heavy atom. The zero-order valence-electron chi connectivity index (χ0n) is 9.54. The van der Waals surface area contributed by atoms with Gasteiger partial charge in [-0.1, -0.05) is 19.1 Å². The highest BCUT2D eigenvalue weighted by molar-refractivity contribution is 5.72. The molecule has 4 nitrogen and oxygen atoms in total. The van der Waals surface area contributed by atoms with Gasteiger partial charge in [0.05, 0.1) is 26.6 Å². The van der Waals surface area contributed by atoms with E-state index in [1.807, 2.05) is 0 Å². The molecule has 86 valence electrons.